The Kier molecular flexibility index (Phi) is 7.00. The number of pyridine rings is 1. The van der Waals surface area contributed by atoms with Gasteiger partial charge in [0.15, 0.2) is 11.6 Å². The highest BCUT2D eigenvalue weighted by Gasteiger charge is 2.28. The van der Waals surface area contributed by atoms with Crippen molar-refractivity contribution < 1.29 is 8.78 Å². The van der Waals surface area contributed by atoms with Crippen molar-refractivity contribution in [3.05, 3.63) is 54.1 Å². The Balaban J connectivity index is 1.39. The molecule has 1 aliphatic rings. The summed E-state index contributed by atoms with van der Waals surface area (Å²) >= 11 is 0. The van der Waals surface area contributed by atoms with Gasteiger partial charge >= 0.3 is 0 Å². The van der Waals surface area contributed by atoms with Crippen molar-refractivity contribution >= 4 is 28.5 Å². The molecule has 1 aromatic carbocycles. The lowest BCUT2D eigenvalue weighted by molar-refractivity contribution is 0.140. The highest BCUT2D eigenvalue weighted by Crippen LogP contribution is 2.30. The standard InChI is InChI=1S/C28H34F2N8/c1-7-37-17(4)14-36(15-18(37)5)21-8-9-25(31-12-21)34-28-32-13-23(30)26(35-28)20-10-22(29)27-24(11-20)38(16(2)3)19(6)33-27/h8-13,16-18H,7,14-15H2,1-6H3,(H,31,32,34,35)/t17-,18+. The topological polar surface area (TPSA) is 75.0 Å². The van der Waals surface area contributed by atoms with Crippen LogP contribution in [-0.2, 0) is 0 Å². The van der Waals surface area contributed by atoms with Crippen LogP contribution in [-0.4, -0.2) is 61.1 Å². The Labute approximate surface area is 221 Å². The van der Waals surface area contributed by atoms with E-state index in [0.717, 1.165) is 31.5 Å². The molecule has 0 radical (unpaired) electrons. The van der Waals surface area contributed by atoms with Gasteiger partial charge in [0.2, 0.25) is 5.95 Å². The molecule has 4 aromatic rings. The van der Waals surface area contributed by atoms with Gasteiger partial charge in [-0.25, -0.2) is 28.7 Å². The number of piperazine rings is 1. The molecule has 1 fully saturated rings. The normalized spacial score (nSPS) is 18.5. The number of hydrogen-bond acceptors (Lipinski definition) is 7. The molecule has 38 heavy (non-hydrogen) atoms. The van der Waals surface area contributed by atoms with Crippen LogP contribution in [0.5, 0.6) is 0 Å². The SMILES string of the molecule is CCN1[C@H](C)CN(c2ccc(Nc3ncc(F)c(-c4cc(F)c5nc(C)n(C(C)C)c5c4)n3)nc2)C[C@@H]1C. The third kappa shape index (κ3) is 4.80. The molecule has 4 heterocycles. The number of nitrogens with zero attached hydrogens (tertiary/aromatic N) is 7. The van der Waals surface area contributed by atoms with Crippen molar-refractivity contribution in [2.24, 2.45) is 0 Å². The van der Waals surface area contributed by atoms with E-state index in [0.29, 0.717) is 34.8 Å². The first-order chi connectivity index (χ1) is 18.2. The fourth-order valence-corrected chi connectivity index (χ4v) is 5.64. The summed E-state index contributed by atoms with van der Waals surface area (Å²) in [6.45, 7) is 15.4. The van der Waals surface area contributed by atoms with Gasteiger partial charge in [0, 0.05) is 36.8 Å². The van der Waals surface area contributed by atoms with Crippen LogP contribution in [0, 0.1) is 18.6 Å². The molecule has 0 unspecified atom stereocenters. The fraction of sp³-hybridized carbons (Fsp3) is 0.429. The zero-order valence-electron chi connectivity index (χ0n) is 22.7. The number of imidazole rings is 1. The molecule has 200 valence electrons. The van der Waals surface area contributed by atoms with E-state index in [1.807, 2.05) is 43.7 Å². The molecule has 0 amide bonds. The van der Waals surface area contributed by atoms with Gasteiger partial charge in [-0.3, -0.25) is 4.90 Å². The first-order valence-corrected chi connectivity index (χ1v) is 13.1. The van der Waals surface area contributed by atoms with Gasteiger partial charge in [-0.15, -0.1) is 0 Å². The second kappa shape index (κ2) is 10.2. The molecule has 5 rings (SSSR count). The van der Waals surface area contributed by atoms with Crippen molar-refractivity contribution in [2.75, 3.05) is 29.9 Å². The van der Waals surface area contributed by atoms with Gasteiger partial charge < -0.3 is 14.8 Å². The molecule has 2 atom stereocenters. The van der Waals surface area contributed by atoms with E-state index >= 15 is 0 Å². The molecule has 3 aromatic heterocycles. The number of benzene rings is 1. The van der Waals surface area contributed by atoms with Crippen molar-refractivity contribution in [2.45, 2.75) is 59.7 Å². The summed E-state index contributed by atoms with van der Waals surface area (Å²) in [7, 11) is 0. The van der Waals surface area contributed by atoms with E-state index in [1.165, 1.54) is 6.07 Å². The summed E-state index contributed by atoms with van der Waals surface area (Å²) in [6, 6.07) is 7.85. The minimum Gasteiger partial charge on any atom is -0.367 e. The Morgan fingerprint density at radius 3 is 2.37 bits per heavy atom. The molecule has 0 bridgehead atoms. The summed E-state index contributed by atoms with van der Waals surface area (Å²) in [5.41, 5.74) is 2.23. The number of anilines is 3. The second-order valence-corrected chi connectivity index (χ2v) is 10.3. The minimum absolute atomic E-state index is 0.00542. The zero-order valence-corrected chi connectivity index (χ0v) is 22.7. The summed E-state index contributed by atoms with van der Waals surface area (Å²) < 4.78 is 31.7. The Morgan fingerprint density at radius 2 is 1.74 bits per heavy atom. The average Bonchev–Trinajstić information content (AvgIpc) is 3.22. The van der Waals surface area contributed by atoms with Gasteiger partial charge in [-0.1, -0.05) is 6.92 Å². The number of nitrogens with one attached hydrogen (secondary N) is 1. The molecular weight excluding hydrogens is 486 g/mol. The molecule has 1 N–H and O–H groups in total. The second-order valence-electron chi connectivity index (χ2n) is 10.3. The molecular formula is C28H34F2N8. The molecule has 1 aliphatic heterocycles. The minimum atomic E-state index is -0.639. The number of aryl methyl sites for hydroxylation is 1. The summed E-state index contributed by atoms with van der Waals surface area (Å²) in [4.78, 5) is 22.2. The van der Waals surface area contributed by atoms with Crippen LogP contribution < -0.4 is 10.2 Å². The summed E-state index contributed by atoms with van der Waals surface area (Å²) in [5, 5.41) is 3.05. The van der Waals surface area contributed by atoms with Crippen LogP contribution in [0.4, 0.5) is 26.2 Å². The van der Waals surface area contributed by atoms with E-state index in [9.17, 15) is 8.78 Å². The van der Waals surface area contributed by atoms with E-state index in [-0.39, 0.29) is 23.2 Å². The highest BCUT2D eigenvalue weighted by atomic mass is 19.1. The molecule has 0 saturated carbocycles. The monoisotopic (exact) mass is 520 g/mol. The van der Waals surface area contributed by atoms with Gasteiger partial charge in [0.25, 0.3) is 0 Å². The van der Waals surface area contributed by atoms with Crippen molar-refractivity contribution in [1.82, 2.24) is 29.4 Å². The summed E-state index contributed by atoms with van der Waals surface area (Å²) in [5.74, 6) is 0.249. The van der Waals surface area contributed by atoms with Crippen LogP contribution in [0.3, 0.4) is 0 Å². The van der Waals surface area contributed by atoms with Crippen LogP contribution in [0.2, 0.25) is 0 Å². The number of aromatic nitrogens is 5. The fourth-order valence-electron chi connectivity index (χ4n) is 5.64. The molecule has 0 aliphatic carbocycles. The van der Waals surface area contributed by atoms with Crippen molar-refractivity contribution in [1.29, 1.82) is 0 Å². The van der Waals surface area contributed by atoms with Gasteiger partial charge in [-0.2, -0.15) is 0 Å². The largest absolute Gasteiger partial charge is 0.367 e. The Bertz CT molecular complexity index is 1440. The number of rotatable bonds is 6. The Morgan fingerprint density at radius 1 is 1.00 bits per heavy atom. The van der Waals surface area contributed by atoms with Crippen LogP contribution in [0.25, 0.3) is 22.3 Å². The highest BCUT2D eigenvalue weighted by molar-refractivity contribution is 5.83. The first kappa shape index (κ1) is 26.0. The summed E-state index contributed by atoms with van der Waals surface area (Å²) in [6.07, 6.45) is 2.91. The lowest BCUT2D eigenvalue weighted by Gasteiger charge is -2.44. The maximum atomic E-state index is 15.0. The van der Waals surface area contributed by atoms with Gasteiger partial charge in [-0.05, 0) is 65.4 Å². The third-order valence-electron chi connectivity index (χ3n) is 7.28. The predicted octanol–water partition coefficient (Wildman–Crippen LogP) is 5.72. The number of fused-ring (bicyclic) bond motifs is 1. The molecule has 8 nitrogen and oxygen atoms in total. The Hall–Kier alpha value is -3.66. The molecule has 0 spiro atoms. The quantitative estimate of drug-likeness (QED) is 0.349. The van der Waals surface area contributed by atoms with E-state index in [4.69, 9.17) is 0 Å². The van der Waals surface area contributed by atoms with E-state index < -0.39 is 11.6 Å². The first-order valence-electron chi connectivity index (χ1n) is 13.1. The van der Waals surface area contributed by atoms with Crippen LogP contribution >= 0.6 is 0 Å². The van der Waals surface area contributed by atoms with Crippen molar-refractivity contribution in [3.63, 3.8) is 0 Å². The average molecular weight is 521 g/mol. The maximum absolute atomic E-state index is 15.0. The number of halogens is 2. The van der Waals surface area contributed by atoms with Gasteiger partial charge in [0.1, 0.15) is 22.9 Å². The number of likely N-dealkylation sites (N-methyl/N-ethyl adjacent to an activating group) is 1. The smallest absolute Gasteiger partial charge is 0.229 e. The van der Waals surface area contributed by atoms with E-state index in [2.05, 4.69) is 55.8 Å². The third-order valence-corrected chi connectivity index (χ3v) is 7.28. The molecule has 10 heteroatoms. The lowest BCUT2D eigenvalue weighted by atomic mass is 10.1. The van der Waals surface area contributed by atoms with Crippen LogP contribution in [0.15, 0.2) is 36.7 Å². The molecule has 1 saturated heterocycles. The van der Waals surface area contributed by atoms with E-state index in [1.54, 1.807) is 6.07 Å². The van der Waals surface area contributed by atoms with Gasteiger partial charge in [0.05, 0.1) is 23.6 Å². The lowest BCUT2D eigenvalue weighted by Crippen LogP contribution is -2.56. The maximum Gasteiger partial charge on any atom is 0.229 e. The predicted molar refractivity (Wildman–Crippen MR) is 147 cm³/mol. The zero-order chi connectivity index (χ0) is 27.1. The number of hydrogen-bond donors (Lipinski definition) is 1. The van der Waals surface area contributed by atoms with Crippen molar-refractivity contribution in [3.8, 4) is 11.3 Å². The van der Waals surface area contributed by atoms with Crippen LogP contribution in [0.1, 0.15) is 46.5 Å².